The number of morpholine rings is 1. The number of ether oxygens (including phenoxy) is 1. The summed E-state index contributed by atoms with van der Waals surface area (Å²) >= 11 is 0. The highest BCUT2D eigenvalue weighted by molar-refractivity contribution is 6.01. The van der Waals surface area contributed by atoms with Gasteiger partial charge in [0, 0.05) is 36.9 Å². The summed E-state index contributed by atoms with van der Waals surface area (Å²) in [6.45, 7) is 4.05. The molecule has 4 aromatic rings. The van der Waals surface area contributed by atoms with E-state index in [2.05, 4.69) is 32.1 Å². The molecule has 8 nitrogen and oxygen atoms in total. The molecule has 1 atom stereocenters. The van der Waals surface area contributed by atoms with Crippen LogP contribution in [0.4, 0.5) is 10.2 Å². The molecule has 1 N–H and O–H groups in total. The van der Waals surface area contributed by atoms with Crippen molar-refractivity contribution in [2.75, 3.05) is 24.7 Å². The Labute approximate surface area is 166 Å². The van der Waals surface area contributed by atoms with Gasteiger partial charge < -0.3 is 9.64 Å². The van der Waals surface area contributed by atoms with Crippen molar-refractivity contribution in [1.29, 1.82) is 0 Å². The molecule has 0 saturated carbocycles. The Hall–Kier alpha value is -3.33. The van der Waals surface area contributed by atoms with Gasteiger partial charge in [-0.25, -0.2) is 14.4 Å². The van der Waals surface area contributed by atoms with Gasteiger partial charge in [-0.05, 0) is 25.1 Å². The standard InChI is InChI=1S/C20H20FN7O/c1-12-11-29-8-7-28(12)17-9-13(16-4-6-24-27(16)2)18-14(21)10-22-19(20(18)25-17)15-3-5-23-26-15/h3-6,9-10,12H,7-8,11H2,1-2H3,(H,23,26)/t12-/m1/s1. The second-order valence-corrected chi connectivity index (χ2v) is 7.13. The first-order valence-corrected chi connectivity index (χ1v) is 9.45. The maximum absolute atomic E-state index is 15.1. The number of nitrogens with zero attached hydrogens (tertiary/aromatic N) is 6. The number of pyridine rings is 2. The molecule has 1 fully saturated rings. The molecule has 1 saturated heterocycles. The highest BCUT2D eigenvalue weighted by atomic mass is 19.1. The number of fused-ring (bicyclic) bond motifs is 1. The summed E-state index contributed by atoms with van der Waals surface area (Å²) in [4.78, 5) is 11.4. The minimum Gasteiger partial charge on any atom is -0.377 e. The Morgan fingerprint density at radius 3 is 2.90 bits per heavy atom. The van der Waals surface area contributed by atoms with Gasteiger partial charge in [0.1, 0.15) is 17.0 Å². The van der Waals surface area contributed by atoms with Gasteiger partial charge in [0.2, 0.25) is 0 Å². The zero-order chi connectivity index (χ0) is 20.0. The van der Waals surface area contributed by atoms with Crippen molar-refractivity contribution < 1.29 is 9.13 Å². The topological polar surface area (TPSA) is 84.8 Å². The number of H-pyrrole nitrogens is 1. The molecule has 0 aromatic carbocycles. The molecule has 4 aromatic heterocycles. The predicted molar refractivity (Wildman–Crippen MR) is 107 cm³/mol. The van der Waals surface area contributed by atoms with Gasteiger partial charge in [0.05, 0.1) is 36.8 Å². The fourth-order valence-electron chi connectivity index (χ4n) is 3.83. The maximum atomic E-state index is 15.1. The number of aromatic amines is 1. The SMILES string of the molecule is C[C@@H]1COCCN1c1cc(-c2ccnn2C)c2c(F)cnc(-c3ccn[nH]3)c2n1. The van der Waals surface area contributed by atoms with E-state index in [1.165, 1.54) is 6.20 Å². The first-order valence-electron chi connectivity index (χ1n) is 9.45. The van der Waals surface area contributed by atoms with Crippen molar-refractivity contribution in [3.05, 3.63) is 42.6 Å². The average Bonchev–Trinajstić information content (AvgIpc) is 3.40. The third-order valence-corrected chi connectivity index (χ3v) is 5.29. The third-order valence-electron chi connectivity index (χ3n) is 5.29. The Morgan fingerprint density at radius 1 is 1.28 bits per heavy atom. The van der Waals surface area contributed by atoms with E-state index in [0.717, 1.165) is 17.1 Å². The fourth-order valence-corrected chi connectivity index (χ4v) is 3.83. The Bertz CT molecular complexity index is 1170. The van der Waals surface area contributed by atoms with Crippen LogP contribution in [0.1, 0.15) is 6.92 Å². The van der Waals surface area contributed by atoms with Gasteiger partial charge in [-0.1, -0.05) is 0 Å². The molecule has 0 unspecified atom stereocenters. The molecule has 0 aliphatic carbocycles. The zero-order valence-electron chi connectivity index (χ0n) is 16.1. The molecule has 1 aliphatic heterocycles. The smallest absolute Gasteiger partial charge is 0.151 e. The summed E-state index contributed by atoms with van der Waals surface area (Å²) in [5, 5.41) is 11.6. The van der Waals surface area contributed by atoms with E-state index in [0.29, 0.717) is 42.0 Å². The maximum Gasteiger partial charge on any atom is 0.151 e. The van der Waals surface area contributed by atoms with Crippen LogP contribution in [0, 0.1) is 5.82 Å². The zero-order valence-corrected chi connectivity index (χ0v) is 16.1. The number of halogens is 1. The molecule has 29 heavy (non-hydrogen) atoms. The highest BCUT2D eigenvalue weighted by Gasteiger charge is 2.25. The van der Waals surface area contributed by atoms with Crippen LogP contribution < -0.4 is 4.90 Å². The van der Waals surface area contributed by atoms with Crippen molar-refractivity contribution in [1.82, 2.24) is 29.9 Å². The van der Waals surface area contributed by atoms with Crippen LogP contribution in [-0.2, 0) is 11.8 Å². The van der Waals surface area contributed by atoms with Crippen molar-refractivity contribution in [3.63, 3.8) is 0 Å². The van der Waals surface area contributed by atoms with Gasteiger partial charge in [-0.2, -0.15) is 10.2 Å². The number of anilines is 1. The molecule has 0 spiro atoms. The average molecular weight is 393 g/mol. The molecule has 148 valence electrons. The van der Waals surface area contributed by atoms with E-state index < -0.39 is 5.82 Å². The number of aryl methyl sites for hydroxylation is 1. The lowest BCUT2D eigenvalue weighted by Crippen LogP contribution is -2.44. The van der Waals surface area contributed by atoms with E-state index >= 15 is 4.39 Å². The number of hydrogen-bond acceptors (Lipinski definition) is 6. The number of nitrogens with one attached hydrogen (secondary N) is 1. The van der Waals surface area contributed by atoms with Gasteiger partial charge in [-0.15, -0.1) is 0 Å². The molecule has 0 amide bonds. The first kappa shape index (κ1) is 17.7. The number of aromatic nitrogens is 6. The fraction of sp³-hybridized carbons (Fsp3) is 0.300. The van der Waals surface area contributed by atoms with Crippen LogP contribution in [0.3, 0.4) is 0 Å². The lowest BCUT2D eigenvalue weighted by molar-refractivity contribution is 0.0986. The summed E-state index contributed by atoms with van der Waals surface area (Å²) in [6.07, 6.45) is 4.58. The lowest BCUT2D eigenvalue weighted by Gasteiger charge is -2.34. The third kappa shape index (κ3) is 2.94. The Kier molecular flexibility index (Phi) is 4.24. The molecular formula is C20H20FN7O. The van der Waals surface area contributed by atoms with Gasteiger partial charge in [0.25, 0.3) is 0 Å². The molecular weight excluding hydrogens is 373 g/mol. The van der Waals surface area contributed by atoms with E-state index in [1.54, 1.807) is 23.1 Å². The van der Waals surface area contributed by atoms with Crippen LogP contribution in [0.25, 0.3) is 33.5 Å². The van der Waals surface area contributed by atoms with Crippen LogP contribution >= 0.6 is 0 Å². The van der Waals surface area contributed by atoms with Crippen molar-refractivity contribution >= 4 is 16.7 Å². The van der Waals surface area contributed by atoms with E-state index in [4.69, 9.17) is 9.72 Å². The van der Waals surface area contributed by atoms with Crippen molar-refractivity contribution in [3.8, 4) is 22.6 Å². The van der Waals surface area contributed by atoms with E-state index in [-0.39, 0.29) is 6.04 Å². The summed E-state index contributed by atoms with van der Waals surface area (Å²) < 4.78 is 22.4. The highest BCUT2D eigenvalue weighted by Crippen LogP contribution is 2.36. The Balaban J connectivity index is 1.84. The molecule has 0 radical (unpaired) electrons. The van der Waals surface area contributed by atoms with Crippen molar-refractivity contribution in [2.24, 2.45) is 7.05 Å². The molecule has 0 bridgehead atoms. The van der Waals surface area contributed by atoms with E-state index in [1.807, 2.05) is 19.2 Å². The van der Waals surface area contributed by atoms with Gasteiger partial charge in [-0.3, -0.25) is 9.78 Å². The Morgan fingerprint density at radius 2 is 2.17 bits per heavy atom. The first-order chi connectivity index (χ1) is 14.1. The molecule has 9 heteroatoms. The summed E-state index contributed by atoms with van der Waals surface area (Å²) in [7, 11) is 1.84. The molecule has 5 heterocycles. The van der Waals surface area contributed by atoms with Crippen LogP contribution in [-0.4, -0.2) is 55.7 Å². The second kappa shape index (κ2) is 6.93. The molecule has 1 aliphatic rings. The quantitative estimate of drug-likeness (QED) is 0.576. The summed E-state index contributed by atoms with van der Waals surface area (Å²) in [6, 6.07) is 5.76. The van der Waals surface area contributed by atoms with Gasteiger partial charge >= 0.3 is 0 Å². The second-order valence-electron chi connectivity index (χ2n) is 7.13. The van der Waals surface area contributed by atoms with E-state index in [9.17, 15) is 0 Å². The van der Waals surface area contributed by atoms with Crippen LogP contribution in [0.5, 0.6) is 0 Å². The minimum absolute atomic E-state index is 0.158. The normalized spacial score (nSPS) is 17.2. The lowest BCUT2D eigenvalue weighted by atomic mass is 10.0. The minimum atomic E-state index is -0.423. The van der Waals surface area contributed by atoms with Crippen LogP contribution in [0.2, 0.25) is 0 Å². The van der Waals surface area contributed by atoms with Crippen molar-refractivity contribution in [2.45, 2.75) is 13.0 Å². The summed E-state index contributed by atoms with van der Waals surface area (Å²) in [5.41, 5.74) is 3.27. The molecule has 5 rings (SSSR count). The predicted octanol–water partition coefficient (Wildman–Crippen LogP) is 2.78. The van der Waals surface area contributed by atoms with Crippen LogP contribution in [0.15, 0.2) is 36.8 Å². The largest absolute Gasteiger partial charge is 0.377 e. The monoisotopic (exact) mass is 393 g/mol. The number of hydrogen-bond donors (Lipinski definition) is 1. The van der Waals surface area contributed by atoms with Gasteiger partial charge in [0.15, 0.2) is 5.82 Å². The number of rotatable bonds is 3. The summed E-state index contributed by atoms with van der Waals surface area (Å²) in [5.74, 6) is 0.339.